The zero-order valence-corrected chi connectivity index (χ0v) is 18.7. The quantitative estimate of drug-likeness (QED) is 0.713. The summed E-state index contributed by atoms with van der Waals surface area (Å²) in [6.07, 6.45) is 6.13. The molecule has 1 amide bonds. The molecule has 2 aliphatic rings. The Hall–Kier alpha value is -2.54. The van der Waals surface area contributed by atoms with E-state index in [-0.39, 0.29) is 12.3 Å². The van der Waals surface area contributed by atoms with Crippen molar-refractivity contribution in [2.24, 2.45) is 5.92 Å². The Kier molecular flexibility index (Phi) is 6.51. The molecule has 2 atom stereocenters. The number of nitrogens with zero attached hydrogens (tertiary/aromatic N) is 1. The number of aryl methyl sites for hydroxylation is 1. The molecule has 31 heavy (non-hydrogen) atoms. The third-order valence-electron chi connectivity index (χ3n) is 6.93. The normalized spacial score (nSPS) is 21.5. The molecule has 3 heterocycles. The van der Waals surface area contributed by atoms with Gasteiger partial charge in [0.05, 0.1) is 26.2 Å². The van der Waals surface area contributed by atoms with E-state index in [0.29, 0.717) is 41.1 Å². The summed E-state index contributed by atoms with van der Waals surface area (Å²) in [6, 6.07) is 4.19. The molecule has 2 saturated heterocycles. The number of ether oxygens (including phenoxy) is 2. The summed E-state index contributed by atoms with van der Waals surface area (Å²) in [5.74, 6) is 1.23. The summed E-state index contributed by atoms with van der Waals surface area (Å²) in [5.41, 5.74) is 0.953. The third-order valence-corrected chi connectivity index (χ3v) is 6.93. The number of hydrogen-bond acceptors (Lipinski definition) is 6. The van der Waals surface area contributed by atoms with Crippen molar-refractivity contribution in [3.05, 3.63) is 33.7 Å². The molecule has 2 aromatic rings. The molecule has 0 aliphatic carbocycles. The molecule has 2 fully saturated rings. The Balaban J connectivity index is 1.49. The van der Waals surface area contributed by atoms with Crippen LogP contribution in [0.1, 0.15) is 43.2 Å². The van der Waals surface area contributed by atoms with Gasteiger partial charge in [0, 0.05) is 18.0 Å². The van der Waals surface area contributed by atoms with Crippen LogP contribution < -0.4 is 20.4 Å². The maximum absolute atomic E-state index is 12.7. The van der Waals surface area contributed by atoms with Crippen LogP contribution >= 0.6 is 0 Å². The lowest BCUT2D eigenvalue weighted by Crippen LogP contribution is -2.51. The average Bonchev–Trinajstić information content (AvgIpc) is 2.79. The zero-order chi connectivity index (χ0) is 22.0. The first kappa shape index (κ1) is 21.7. The van der Waals surface area contributed by atoms with Gasteiger partial charge >= 0.3 is 5.63 Å². The highest BCUT2D eigenvalue weighted by Gasteiger charge is 2.33. The van der Waals surface area contributed by atoms with Gasteiger partial charge in [-0.3, -0.25) is 4.79 Å². The highest BCUT2D eigenvalue weighted by molar-refractivity contribution is 5.89. The molecule has 0 radical (unpaired) electrons. The van der Waals surface area contributed by atoms with Crippen molar-refractivity contribution in [1.82, 2.24) is 10.2 Å². The van der Waals surface area contributed by atoms with Crippen molar-refractivity contribution in [3.63, 3.8) is 0 Å². The van der Waals surface area contributed by atoms with E-state index in [1.807, 2.05) is 13.0 Å². The van der Waals surface area contributed by atoms with E-state index < -0.39 is 5.63 Å². The van der Waals surface area contributed by atoms with Crippen molar-refractivity contribution in [1.29, 1.82) is 0 Å². The monoisotopic (exact) mass is 428 g/mol. The first-order valence-corrected chi connectivity index (χ1v) is 11.2. The minimum atomic E-state index is -0.511. The molecule has 7 heteroatoms. The van der Waals surface area contributed by atoms with Crippen LogP contribution in [-0.2, 0) is 11.2 Å². The van der Waals surface area contributed by atoms with Gasteiger partial charge in [0.25, 0.3) is 0 Å². The fraction of sp³-hybridized carbons (Fsp3) is 0.583. The summed E-state index contributed by atoms with van der Waals surface area (Å²) >= 11 is 0. The van der Waals surface area contributed by atoms with E-state index in [2.05, 4.69) is 10.2 Å². The van der Waals surface area contributed by atoms with Crippen molar-refractivity contribution < 1.29 is 18.7 Å². The van der Waals surface area contributed by atoms with Crippen LogP contribution in [0.2, 0.25) is 0 Å². The standard InChI is InChI=1S/C24H32N2O5/c1-15-17-9-10-20(29-2)23(30-3)22(17)31-24(28)18(15)13-21(27)25-14-16-7-6-12-26-11-5-4-8-19(16)26/h9-10,16,19H,4-8,11-14H2,1-3H3,(H,25,27)/t16-,19-/m1/s1. The molecule has 1 aromatic heterocycles. The van der Waals surface area contributed by atoms with Crippen molar-refractivity contribution in [2.45, 2.75) is 51.5 Å². The molecule has 4 rings (SSSR count). The van der Waals surface area contributed by atoms with E-state index in [4.69, 9.17) is 13.9 Å². The Labute approximate surface area is 182 Å². The smallest absolute Gasteiger partial charge is 0.340 e. The number of piperidine rings is 2. The number of amides is 1. The predicted octanol–water partition coefficient (Wildman–Crippen LogP) is 3.04. The molecular weight excluding hydrogens is 396 g/mol. The molecule has 0 bridgehead atoms. The van der Waals surface area contributed by atoms with E-state index in [1.54, 1.807) is 6.07 Å². The summed E-state index contributed by atoms with van der Waals surface area (Å²) in [7, 11) is 3.04. The SMILES string of the molecule is COc1ccc2c(C)c(CC(=O)NC[C@H]3CCCN4CCCC[C@H]34)c(=O)oc2c1OC. The summed E-state index contributed by atoms with van der Waals surface area (Å²) in [6.45, 7) is 4.87. The van der Waals surface area contributed by atoms with Gasteiger partial charge in [-0.1, -0.05) is 6.42 Å². The lowest BCUT2D eigenvalue weighted by atomic mass is 9.83. The Bertz CT molecular complexity index is 1010. The van der Waals surface area contributed by atoms with Crippen molar-refractivity contribution in [3.8, 4) is 11.5 Å². The Morgan fingerprint density at radius 1 is 1.16 bits per heavy atom. The molecule has 0 spiro atoms. The number of carbonyl (C=O) groups excluding carboxylic acids is 1. The molecule has 0 saturated carbocycles. The number of methoxy groups -OCH3 is 2. The minimum Gasteiger partial charge on any atom is -0.493 e. The molecule has 1 N–H and O–H groups in total. The second-order valence-electron chi connectivity index (χ2n) is 8.65. The maximum Gasteiger partial charge on any atom is 0.340 e. The summed E-state index contributed by atoms with van der Waals surface area (Å²) in [4.78, 5) is 28.0. The molecule has 2 aliphatic heterocycles. The number of benzene rings is 1. The van der Waals surface area contributed by atoms with Gasteiger partial charge < -0.3 is 24.1 Å². The number of hydrogen-bond donors (Lipinski definition) is 1. The van der Waals surface area contributed by atoms with E-state index in [0.717, 1.165) is 17.4 Å². The number of fused-ring (bicyclic) bond motifs is 2. The summed E-state index contributed by atoms with van der Waals surface area (Å²) < 4.78 is 16.2. The van der Waals surface area contributed by atoms with Crippen LogP contribution in [0.15, 0.2) is 21.3 Å². The van der Waals surface area contributed by atoms with Crippen LogP contribution in [0.3, 0.4) is 0 Å². The van der Waals surface area contributed by atoms with Crippen LogP contribution in [0.25, 0.3) is 11.0 Å². The summed E-state index contributed by atoms with van der Waals surface area (Å²) in [5, 5.41) is 3.83. The maximum atomic E-state index is 12.7. The fourth-order valence-corrected chi connectivity index (χ4v) is 5.25. The van der Waals surface area contributed by atoms with Gasteiger partial charge in [-0.15, -0.1) is 0 Å². The first-order valence-electron chi connectivity index (χ1n) is 11.2. The van der Waals surface area contributed by atoms with Gasteiger partial charge in [0.15, 0.2) is 11.3 Å². The van der Waals surface area contributed by atoms with Gasteiger partial charge in [0.2, 0.25) is 11.7 Å². The van der Waals surface area contributed by atoms with Crippen molar-refractivity contribution in [2.75, 3.05) is 33.9 Å². The highest BCUT2D eigenvalue weighted by atomic mass is 16.5. The number of nitrogens with one attached hydrogen (secondary N) is 1. The molecular formula is C24H32N2O5. The van der Waals surface area contributed by atoms with Crippen molar-refractivity contribution >= 4 is 16.9 Å². The van der Waals surface area contributed by atoms with Crippen LogP contribution in [0.4, 0.5) is 0 Å². The van der Waals surface area contributed by atoms with Gasteiger partial charge in [-0.05, 0) is 69.3 Å². The second-order valence-corrected chi connectivity index (χ2v) is 8.65. The topological polar surface area (TPSA) is 81.0 Å². The lowest BCUT2D eigenvalue weighted by molar-refractivity contribution is -0.120. The Morgan fingerprint density at radius 3 is 2.74 bits per heavy atom. The Morgan fingerprint density at radius 2 is 1.97 bits per heavy atom. The largest absolute Gasteiger partial charge is 0.493 e. The van der Waals surface area contributed by atoms with Crippen LogP contribution in [0.5, 0.6) is 11.5 Å². The lowest BCUT2D eigenvalue weighted by Gasteiger charge is -2.44. The second kappa shape index (κ2) is 9.30. The van der Waals surface area contributed by atoms with Crippen LogP contribution in [0, 0.1) is 12.8 Å². The molecule has 168 valence electrons. The average molecular weight is 429 g/mol. The predicted molar refractivity (Wildman–Crippen MR) is 119 cm³/mol. The molecule has 0 unspecified atom stereocenters. The van der Waals surface area contributed by atoms with E-state index in [9.17, 15) is 9.59 Å². The van der Waals surface area contributed by atoms with Crippen LogP contribution in [-0.4, -0.2) is 50.7 Å². The number of rotatable bonds is 6. The fourth-order valence-electron chi connectivity index (χ4n) is 5.25. The minimum absolute atomic E-state index is 0.0134. The number of carbonyl (C=O) groups is 1. The van der Waals surface area contributed by atoms with Gasteiger partial charge in [-0.2, -0.15) is 0 Å². The van der Waals surface area contributed by atoms with E-state index >= 15 is 0 Å². The first-order chi connectivity index (χ1) is 15.0. The van der Waals surface area contributed by atoms with E-state index in [1.165, 1.54) is 53.0 Å². The highest BCUT2D eigenvalue weighted by Crippen LogP contribution is 2.36. The molecule has 7 nitrogen and oxygen atoms in total. The molecule has 1 aromatic carbocycles. The van der Waals surface area contributed by atoms with Gasteiger partial charge in [-0.25, -0.2) is 4.79 Å². The third kappa shape index (κ3) is 4.28. The van der Waals surface area contributed by atoms with Gasteiger partial charge in [0.1, 0.15) is 0 Å². The zero-order valence-electron chi connectivity index (χ0n) is 18.7.